The molecule has 0 aliphatic heterocycles. The summed E-state index contributed by atoms with van der Waals surface area (Å²) < 4.78 is 5.20. The maximum Gasteiger partial charge on any atom is 0.174 e. The van der Waals surface area contributed by atoms with E-state index in [1.54, 1.807) is 0 Å². The number of hydrogen-bond donors (Lipinski definition) is 2. The summed E-state index contributed by atoms with van der Waals surface area (Å²) in [5, 5.41) is 20.8. The fourth-order valence-electron chi connectivity index (χ4n) is 1.93. The Hall–Kier alpha value is -2.35. The van der Waals surface area contributed by atoms with Gasteiger partial charge in [-0.1, -0.05) is 36.4 Å². The van der Waals surface area contributed by atoms with Crippen molar-refractivity contribution in [1.82, 2.24) is 5.32 Å². The smallest absolute Gasteiger partial charge is 0.174 e. The molecular formula is C17H18N2O2. The number of nitrogens with zero attached hydrogens (tertiary/aromatic N) is 1. The summed E-state index contributed by atoms with van der Waals surface area (Å²) in [4.78, 5) is 0. The third-order valence-corrected chi connectivity index (χ3v) is 3.09. The molecule has 0 spiro atoms. The van der Waals surface area contributed by atoms with E-state index >= 15 is 0 Å². The molecule has 4 nitrogen and oxygen atoms in total. The summed E-state index contributed by atoms with van der Waals surface area (Å²) in [5.74, 6) is 0.708. The van der Waals surface area contributed by atoms with E-state index in [1.807, 2.05) is 54.6 Å². The molecule has 0 fully saturated rings. The quantitative estimate of drug-likeness (QED) is 0.818. The van der Waals surface area contributed by atoms with Crippen molar-refractivity contribution in [2.75, 3.05) is 6.61 Å². The molecule has 2 aromatic carbocycles. The van der Waals surface area contributed by atoms with E-state index in [2.05, 4.69) is 5.32 Å². The third-order valence-electron chi connectivity index (χ3n) is 3.09. The van der Waals surface area contributed by atoms with Crippen LogP contribution >= 0.6 is 0 Å². The Balaban J connectivity index is 1.78. The Morgan fingerprint density at radius 2 is 1.43 bits per heavy atom. The second-order valence-corrected chi connectivity index (χ2v) is 4.67. The van der Waals surface area contributed by atoms with Gasteiger partial charge in [-0.3, -0.25) is 0 Å². The lowest BCUT2D eigenvalue weighted by molar-refractivity contribution is 0.282. The average molecular weight is 282 g/mol. The number of aliphatic hydroxyl groups is 1. The molecular weight excluding hydrogens is 264 g/mol. The molecule has 0 atom stereocenters. The molecule has 0 saturated heterocycles. The van der Waals surface area contributed by atoms with Crippen molar-refractivity contribution in [1.29, 1.82) is 5.26 Å². The lowest BCUT2D eigenvalue weighted by atomic mass is 10.1. The van der Waals surface area contributed by atoms with E-state index in [9.17, 15) is 0 Å². The normalized spacial score (nSPS) is 10.1. The van der Waals surface area contributed by atoms with Crippen molar-refractivity contribution in [3.63, 3.8) is 0 Å². The lowest BCUT2D eigenvalue weighted by Crippen LogP contribution is -2.12. The molecule has 2 N–H and O–H groups in total. The van der Waals surface area contributed by atoms with Crippen molar-refractivity contribution in [2.24, 2.45) is 0 Å². The average Bonchev–Trinajstić information content (AvgIpc) is 2.55. The number of ether oxygens (including phenoxy) is 1. The van der Waals surface area contributed by atoms with Gasteiger partial charge < -0.3 is 15.2 Å². The van der Waals surface area contributed by atoms with Gasteiger partial charge in [-0.15, -0.1) is 0 Å². The van der Waals surface area contributed by atoms with Crippen LogP contribution in [0.3, 0.4) is 0 Å². The number of nitrogens with one attached hydrogen (secondary N) is 1. The van der Waals surface area contributed by atoms with Crippen molar-refractivity contribution < 1.29 is 9.84 Å². The zero-order chi connectivity index (χ0) is 14.9. The van der Waals surface area contributed by atoms with Gasteiger partial charge in [0.2, 0.25) is 0 Å². The van der Waals surface area contributed by atoms with Gasteiger partial charge in [-0.05, 0) is 28.8 Å². The molecule has 21 heavy (non-hydrogen) atoms. The van der Waals surface area contributed by atoms with Crippen molar-refractivity contribution in [2.45, 2.75) is 19.7 Å². The third kappa shape index (κ3) is 4.92. The van der Waals surface area contributed by atoms with Gasteiger partial charge in [-0.25, -0.2) is 0 Å². The number of benzene rings is 2. The van der Waals surface area contributed by atoms with Gasteiger partial charge in [0.05, 0.1) is 6.61 Å². The van der Waals surface area contributed by atoms with Crippen LogP contribution in [0.4, 0.5) is 0 Å². The van der Waals surface area contributed by atoms with Crippen molar-refractivity contribution in [3.8, 4) is 11.8 Å². The Morgan fingerprint density at radius 1 is 0.905 bits per heavy atom. The van der Waals surface area contributed by atoms with Crippen LogP contribution in [0.2, 0.25) is 0 Å². The maximum absolute atomic E-state index is 8.99. The van der Waals surface area contributed by atoms with Crippen LogP contribution in [0.15, 0.2) is 48.5 Å². The van der Waals surface area contributed by atoms with Gasteiger partial charge in [0.25, 0.3) is 0 Å². The van der Waals surface area contributed by atoms with Gasteiger partial charge in [0, 0.05) is 13.1 Å². The molecule has 2 aromatic rings. The summed E-state index contributed by atoms with van der Waals surface area (Å²) in [6.45, 7) is 1.69. The minimum absolute atomic E-state index is 0.0709. The Bertz CT molecular complexity index is 586. The summed E-state index contributed by atoms with van der Waals surface area (Å²) in [5.41, 5.74) is 3.26. The summed E-state index contributed by atoms with van der Waals surface area (Å²) in [6, 6.07) is 17.5. The standard InChI is InChI=1S/C17H18N2O2/c18-9-10-21-17-7-5-15(6-8-17)12-19-11-14-1-3-16(13-20)4-2-14/h1-8,19-20H,10-13H2. The van der Waals surface area contributed by atoms with Crippen molar-refractivity contribution in [3.05, 3.63) is 65.2 Å². The zero-order valence-electron chi connectivity index (χ0n) is 11.7. The van der Waals surface area contributed by atoms with Crippen LogP contribution in [0, 0.1) is 11.3 Å². The monoisotopic (exact) mass is 282 g/mol. The second-order valence-electron chi connectivity index (χ2n) is 4.67. The zero-order valence-corrected chi connectivity index (χ0v) is 11.7. The molecule has 2 rings (SSSR count). The summed E-state index contributed by atoms with van der Waals surface area (Å²) in [6.07, 6.45) is 0. The van der Waals surface area contributed by atoms with Crippen LogP contribution < -0.4 is 10.1 Å². The van der Waals surface area contributed by atoms with Crippen LogP contribution in [0.25, 0.3) is 0 Å². The molecule has 0 saturated carbocycles. The largest absolute Gasteiger partial charge is 0.479 e. The predicted octanol–water partition coefficient (Wildman–Crippen LogP) is 2.37. The SMILES string of the molecule is N#CCOc1ccc(CNCc2ccc(CO)cc2)cc1. The second kappa shape index (κ2) is 8.05. The fourth-order valence-corrected chi connectivity index (χ4v) is 1.93. The molecule has 0 amide bonds. The molecule has 0 aliphatic carbocycles. The maximum atomic E-state index is 8.99. The number of rotatable bonds is 7. The molecule has 0 heterocycles. The van der Waals surface area contributed by atoms with E-state index in [0.717, 1.165) is 24.2 Å². The Labute approximate surface area is 124 Å². The van der Waals surface area contributed by atoms with E-state index in [4.69, 9.17) is 15.1 Å². The van der Waals surface area contributed by atoms with Gasteiger partial charge in [0.1, 0.15) is 11.8 Å². The number of nitriles is 1. The minimum atomic E-state index is 0.0709. The summed E-state index contributed by atoms with van der Waals surface area (Å²) >= 11 is 0. The van der Waals surface area contributed by atoms with Gasteiger partial charge in [-0.2, -0.15) is 5.26 Å². The first-order valence-corrected chi connectivity index (χ1v) is 6.80. The van der Waals surface area contributed by atoms with Crippen LogP contribution in [0.5, 0.6) is 5.75 Å². The Kier molecular flexibility index (Phi) is 5.77. The number of hydrogen-bond acceptors (Lipinski definition) is 4. The topological polar surface area (TPSA) is 65.3 Å². The highest BCUT2D eigenvalue weighted by atomic mass is 16.5. The van der Waals surface area contributed by atoms with E-state index in [1.165, 1.54) is 5.56 Å². The molecule has 108 valence electrons. The van der Waals surface area contributed by atoms with Crippen molar-refractivity contribution >= 4 is 0 Å². The van der Waals surface area contributed by atoms with E-state index in [-0.39, 0.29) is 13.2 Å². The van der Waals surface area contributed by atoms with Crippen LogP contribution in [-0.2, 0) is 19.7 Å². The number of aliphatic hydroxyl groups excluding tert-OH is 1. The molecule has 0 aliphatic rings. The minimum Gasteiger partial charge on any atom is -0.479 e. The van der Waals surface area contributed by atoms with Gasteiger partial charge >= 0.3 is 0 Å². The fraction of sp³-hybridized carbons (Fsp3) is 0.235. The molecule has 0 bridgehead atoms. The molecule has 4 heteroatoms. The molecule has 0 aromatic heterocycles. The molecule has 0 unspecified atom stereocenters. The summed E-state index contributed by atoms with van der Waals surface area (Å²) in [7, 11) is 0. The first-order chi connectivity index (χ1) is 10.3. The van der Waals surface area contributed by atoms with Crippen LogP contribution in [-0.4, -0.2) is 11.7 Å². The Morgan fingerprint density at radius 3 is 1.95 bits per heavy atom. The first-order valence-electron chi connectivity index (χ1n) is 6.80. The first kappa shape index (κ1) is 15.0. The van der Waals surface area contributed by atoms with Gasteiger partial charge in [0.15, 0.2) is 6.61 Å². The van der Waals surface area contributed by atoms with E-state index < -0.39 is 0 Å². The highest BCUT2D eigenvalue weighted by Crippen LogP contribution is 2.12. The highest BCUT2D eigenvalue weighted by molar-refractivity contribution is 5.27. The lowest BCUT2D eigenvalue weighted by Gasteiger charge is -2.07. The highest BCUT2D eigenvalue weighted by Gasteiger charge is 1.97. The van der Waals surface area contributed by atoms with Crippen LogP contribution in [0.1, 0.15) is 16.7 Å². The molecule has 0 radical (unpaired) electrons. The van der Waals surface area contributed by atoms with E-state index in [0.29, 0.717) is 5.75 Å². The predicted molar refractivity (Wildman–Crippen MR) is 80.5 cm³/mol.